The van der Waals surface area contributed by atoms with Crippen molar-refractivity contribution in [1.29, 1.82) is 0 Å². The summed E-state index contributed by atoms with van der Waals surface area (Å²) in [6.07, 6.45) is 11.2. The molecule has 0 aliphatic heterocycles. The molecule has 130 valence electrons. The van der Waals surface area contributed by atoms with Gasteiger partial charge in [0.1, 0.15) is 0 Å². The van der Waals surface area contributed by atoms with Crippen LogP contribution in [0.5, 0.6) is 0 Å². The third kappa shape index (κ3) is 12.8. The number of hydrogen-bond acceptors (Lipinski definition) is 5. The van der Waals surface area contributed by atoms with Gasteiger partial charge in [0, 0.05) is 5.57 Å². The summed E-state index contributed by atoms with van der Waals surface area (Å²) in [6.45, 7) is 6.96. The standard InChI is InChI=1S/C16H30O5S/c1-4-5-6-7-8-9-10-11-12-13-14-22(18,19)21-20-16(17)15(2)3/h2,4-14H2,1,3H3. The van der Waals surface area contributed by atoms with E-state index in [1.54, 1.807) is 0 Å². The molecule has 5 nitrogen and oxygen atoms in total. The van der Waals surface area contributed by atoms with Crippen molar-refractivity contribution < 1.29 is 22.4 Å². The average molecular weight is 334 g/mol. The second-order valence-corrected chi connectivity index (χ2v) is 7.32. The molecule has 0 amide bonds. The Morgan fingerprint density at radius 2 is 1.36 bits per heavy atom. The second kappa shape index (κ2) is 12.6. The van der Waals surface area contributed by atoms with Gasteiger partial charge in [-0.2, -0.15) is 8.42 Å². The molecule has 0 radical (unpaired) electrons. The van der Waals surface area contributed by atoms with Gasteiger partial charge in [0.15, 0.2) is 0 Å². The van der Waals surface area contributed by atoms with Gasteiger partial charge in [-0.05, 0) is 13.3 Å². The maximum absolute atomic E-state index is 11.5. The molecule has 0 spiro atoms. The van der Waals surface area contributed by atoms with Gasteiger partial charge in [-0.25, -0.2) is 4.79 Å². The SMILES string of the molecule is C=C(C)C(=O)OOS(=O)(=O)CCCCCCCCCCCC. The molecule has 0 atom stereocenters. The van der Waals surface area contributed by atoms with E-state index in [1.807, 2.05) is 0 Å². The summed E-state index contributed by atoms with van der Waals surface area (Å²) < 4.78 is 27.1. The van der Waals surface area contributed by atoms with Gasteiger partial charge in [-0.3, -0.25) is 4.89 Å². The molecular weight excluding hydrogens is 304 g/mol. The van der Waals surface area contributed by atoms with Crippen LogP contribution < -0.4 is 0 Å². The number of unbranched alkanes of at least 4 members (excludes halogenated alkanes) is 9. The lowest BCUT2D eigenvalue weighted by Gasteiger charge is -2.04. The van der Waals surface area contributed by atoms with Crippen LogP contribution in [0.3, 0.4) is 0 Å². The first-order chi connectivity index (χ1) is 10.4. The fraction of sp³-hybridized carbons (Fsp3) is 0.812. The van der Waals surface area contributed by atoms with Crippen LogP contribution in [0.15, 0.2) is 12.2 Å². The zero-order valence-electron chi connectivity index (χ0n) is 13.9. The lowest BCUT2D eigenvalue weighted by atomic mass is 10.1. The molecule has 0 aliphatic carbocycles. The highest BCUT2D eigenvalue weighted by Crippen LogP contribution is 2.11. The highest BCUT2D eigenvalue weighted by atomic mass is 32.2. The quantitative estimate of drug-likeness (QED) is 0.205. The largest absolute Gasteiger partial charge is 0.369 e. The highest BCUT2D eigenvalue weighted by molar-refractivity contribution is 7.86. The summed E-state index contributed by atoms with van der Waals surface area (Å²) in [5, 5.41) is 0. The molecule has 0 bridgehead atoms. The normalized spacial score (nSPS) is 11.4. The van der Waals surface area contributed by atoms with Gasteiger partial charge in [0.2, 0.25) is 0 Å². The van der Waals surface area contributed by atoms with Crippen LogP contribution in [0.1, 0.15) is 78.1 Å². The fourth-order valence-electron chi connectivity index (χ4n) is 1.95. The van der Waals surface area contributed by atoms with E-state index in [1.165, 1.54) is 45.4 Å². The van der Waals surface area contributed by atoms with Gasteiger partial charge >= 0.3 is 16.1 Å². The average Bonchev–Trinajstić information content (AvgIpc) is 2.46. The summed E-state index contributed by atoms with van der Waals surface area (Å²) in [4.78, 5) is 15.2. The Morgan fingerprint density at radius 1 is 0.909 bits per heavy atom. The van der Waals surface area contributed by atoms with Gasteiger partial charge in [0.25, 0.3) is 0 Å². The predicted octanol–water partition coefficient (Wildman–Crippen LogP) is 4.29. The number of hydrogen-bond donors (Lipinski definition) is 0. The third-order valence-corrected chi connectivity index (χ3v) is 4.37. The van der Waals surface area contributed by atoms with Crippen molar-refractivity contribution in [1.82, 2.24) is 0 Å². The van der Waals surface area contributed by atoms with E-state index in [-0.39, 0.29) is 11.3 Å². The van der Waals surface area contributed by atoms with Gasteiger partial charge in [-0.1, -0.05) is 75.6 Å². The van der Waals surface area contributed by atoms with Crippen LogP contribution in [0.4, 0.5) is 0 Å². The Balaban J connectivity index is 3.53. The van der Waals surface area contributed by atoms with E-state index in [4.69, 9.17) is 0 Å². The molecule has 0 fully saturated rings. The Labute approximate surface area is 135 Å². The molecule has 0 saturated heterocycles. The molecule has 0 heterocycles. The van der Waals surface area contributed by atoms with E-state index in [0.717, 1.165) is 19.3 Å². The summed E-state index contributed by atoms with van der Waals surface area (Å²) in [6, 6.07) is 0. The number of carbonyl (C=O) groups is 1. The van der Waals surface area contributed by atoms with Crippen molar-refractivity contribution in [2.24, 2.45) is 0 Å². The minimum absolute atomic E-state index is 0.0918. The molecule has 0 aromatic rings. The molecule has 0 aliphatic rings. The Bertz CT molecular complexity index is 414. The molecule has 6 heteroatoms. The predicted molar refractivity (Wildman–Crippen MR) is 87.6 cm³/mol. The van der Waals surface area contributed by atoms with Crippen molar-refractivity contribution >= 4 is 16.1 Å². The van der Waals surface area contributed by atoms with Crippen LogP contribution in [0.2, 0.25) is 0 Å². The maximum atomic E-state index is 11.5. The Hall–Kier alpha value is -0.880. The Kier molecular flexibility index (Phi) is 12.1. The smallest absolute Gasteiger partial charge is 0.276 e. The summed E-state index contributed by atoms with van der Waals surface area (Å²) >= 11 is 0. The molecule has 0 N–H and O–H groups in total. The van der Waals surface area contributed by atoms with Crippen molar-refractivity contribution in [3.8, 4) is 0 Å². The summed E-state index contributed by atoms with van der Waals surface area (Å²) in [7, 11) is -3.80. The van der Waals surface area contributed by atoms with Crippen LogP contribution in [0, 0.1) is 0 Å². The molecule has 0 saturated carbocycles. The first kappa shape index (κ1) is 21.1. The van der Waals surface area contributed by atoms with Gasteiger partial charge in [0.05, 0.1) is 5.75 Å². The molecule has 0 aromatic heterocycles. The minimum atomic E-state index is -3.80. The summed E-state index contributed by atoms with van der Waals surface area (Å²) in [5.74, 6) is -1.00. The van der Waals surface area contributed by atoms with E-state index in [2.05, 4.69) is 22.7 Å². The van der Waals surface area contributed by atoms with Gasteiger partial charge < -0.3 is 0 Å². The lowest BCUT2D eigenvalue weighted by molar-refractivity contribution is -0.205. The van der Waals surface area contributed by atoms with Gasteiger partial charge in [-0.15, -0.1) is 0 Å². The first-order valence-corrected chi connectivity index (χ1v) is 9.75. The second-order valence-electron chi connectivity index (χ2n) is 5.66. The van der Waals surface area contributed by atoms with E-state index in [9.17, 15) is 13.2 Å². The molecule has 22 heavy (non-hydrogen) atoms. The monoisotopic (exact) mass is 334 g/mol. The summed E-state index contributed by atoms with van der Waals surface area (Å²) in [5.41, 5.74) is 0.0918. The molecule has 0 unspecified atom stereocenters. The van der Waals surface area contributed by atoms with Crippen molar-refractivity contribution in [3.63, 3.8) is 0 Å². The first-order valence-electron chi connectivity index (χ1n) is 8.17. The van der Waals surface area contributed by atoms with Crippen LogP contribution >= 0.6 is 0 Å². The number of rotatable bonds is 14. The third-order valence-electron chi connectivity index (χ3n) is 3.31. The van der Waals surface area contributed by atoms with Crippen LogP contribution in [-0.2, 0) is 24.1 Å². The zero-order valence-corrected chi connectivity index (χ0v) is 14.8. The zero-order chi connectivity index (χ0) is 16.8. The topological polar surface area (TPSA) is 69.7 Å². The van der Waals surface area contributed by atoms with Crippen molar-refractivity contribution in [2.75, 3.05) is 5.75 Å². The highest BCUT2D eigenvalue weighted by Gasteiger charge is 2.15. The van der Waals surface area contributed by atoms with Crippen LogP contribution in [-0.4, -0.2) is 20.1 Å². The molecule has 0 rings (SSSR count). The Morgan fingerprint density at radius 3 is 1.82 bits per heavy atom. The molecule has 0 aromatic carbocycles. The fourth-order valence-corrected chi connectivity index (χ4v) is 2.75. The van der Waals surface area contributed by atoms with Crippen molar-refractivity contribution in [3.05, 3.63) is 12.2 Å². The van der Waals surface area contributed by atoms with E-state index < -0.39 is 16.1 Å². The van der Waals surface area contributed by atoms with Crippen LogP contribution in [0.25, 0.3) is 0 Å². The van der Waals surface area contributed by atoms with E-state index in [0.29, 0.717) is 6.42 Å². The lowest BCUT2D eigenvalue weighted by Crippen LogP contribution is -2.15. The maximum Gasteiger partial charge on any atom is 0.369 e. The number of carbonyl (C=O) groups excluding carboxylic acids is 1. The van der Waals surface area contributed by atoms with Crippen molar-refractivity contribution in [2.45, 2.75) is 78.1 Å². The molecular formula is C16H30O5S. The van der Waals surface area contributed by atoms with E-state index >= 15 is 0 Å². The minimum Gasteiger partial charge on any atom is -0.276 e.